The summed E-state index contributed by atoms with van der Waals surface area (Å²) in [5, 5.41) is 10.6. The smallest absolute Gasteiger partial charge is 0.421 e. The Balaban J connectivity index is 1.54. The van der Waals surface area contributed by atoms with E-state index in [9.17, 15) is 28.1 Å². The number of pyridine rings is 1. The maximum atomic E-state index is 12.9. The summed E-state index contributed by atoms with van der Waals surface area (Å²) < 4.78 is 44.1. The average Bonchev–Trinajstić information content (AvgIpc) is 2.62. The molecule has 1 fully saturated rings. The minimum absolute atomic E-state index is 0.0565. The number of aromatic nitrogens is 1. The van der Waals surface area contributed by atoms with E-state index in [0.29, 0.717) is 5.56 Å². The number of halogens is 3. The first-order valence-corrected chi connectivity index (χ1v) is 8.14. The van der Waals surface area contributed by atoms with Crippen molar-refractivity contribution >= 4 is 17.7 Å². The Morgan fingerprint density at radius 3 is 2.54 bits per heavy atom. The Bertz CT molecular complexity index is 907. The predicted octanol–water partition coefficient (Wildman–Crippen LogP) is 3.31. The van der Waals surface area contributed by atoms with Crippen molar-refractivity contribution < 1.29 is 27.6 Å². The van der Waals surface area contributed by atoms with Gasteiger partial charge in [-0.3, -0.25) is 14.9 Å². The zero-order chi connectivity index (χ0) is 20.3. The number of likely N-dealkylation sites (tertiary alicyclic amines) is 1. The maximum absolute atomic E-state index is 12.9. The van der Waals surface area contributed by atoms with E-state index in [0.717, 1.165) is 6.07 Å². The van der Waals surface area contributed by atoms with E-state index in [1.165, 1.54) is 53.6 Å². The monoisotopic (exact) mass is 393 g/mol. The van der Waals surface area contributed by atoms with Crippen LogP contribution >= 0.6 is 0 Å². The minimum atomic E-state index is -4.57. The van der Waals surface area contributed by atoms with Crippen molar-refractivity contribution in [2.45, 2.75) is 12.3 Å². The zero-order valence-electron chi connectivity index (χ0n) is 14.3. The fourth-order valence-electron chi connectivity index (χ4n) is 2.53. The van der Waals surface area contributed by atoms with Crippen LogP contribution < -0.4 is 4.74 Å². The van der Waals surface area contributed by atoms with Crippen molar-refractivity contribution in [2.75, 3.05) is 13.1 Å². The second kappa shape index (κ2) is 7.67. The summed E-state index contributed by atoms with van der Waals surface area (Å²) in [4.78, 5) is 27.2. The molecular formula is C18H14F3N3O4. The molecule has 1 aliphatic rings. The Hall–Kier alpha value is -3.43. The Kier molecular flexibility index (Phi) is 5.30. The van der Waals surface area contributed by atoms with Gasteiger partial charge in [0.1, 0.15) is 11.7 Å². The van der Waals surface area contributed by atoms with Crippen LogP contribution in [0.3, 0.4) is 0 Å². The number of carbonyl (C=O) groups excluding carboxylic acids is 1. The average molecular weight is 393 g/mol. The third-order valence-corrected chi connectivity index (χ3v) is 4.04. The normalized spacial score (nSPS) is 14.8. The van der Waals surface area contributed by atoms with Gasteiger partial charge in [0.15, 0.2) is 0 Å². The number of ether oxygens (including phenoxy) is 1. The van der Waals surface area contributed by atoms with E-state index >= 15 is 0 Å². The van der Waals surface area contributed by atoms with E-state index in [2.05, 4.69) is 4.98 Å². The van der Waals surface area contributed by atoms with Gasteiger partial charge in [-0.15, -0.1) is 0 Å². The van der Waals surface area contributed by atoms with Gasteiger partial charge >= 0.3 is 6.18 Å². The Morgan fingerprint density at radius 1 is 1.25 bits per heavy atom. The number of nitrogens with zero attached hydrogens (tertiary/aromatic N) is 3. The highest BCUT2D eigenvalue weighted by Gasteiger charge is 2.38. The molecule has 0 N–H and O–H groups in total. The molecule has 2 aromatic rings. The molecular weight excluding hydrogens is 379 g/mol. The quantitative estimate of drug-likeness (QED) is 0.442. The minimum Gasteiger partial charge on any atom is -0.470 e. The summed E-state index contributed by atoms with van der Waals surface area (Å²) in [6.07, 6.45) is -1.15. The molecule has 0 radical (unpaired) electrons. The molecule has 28 heavy (non-hydrogen) atoms. The lowest BCUT2D eigenvalue weighted by Crippen LogP contribution is -2.55. The third-order valence-electron chi connectivity index (χ3n) is 4.04. The van der Waals surface area contributed by atoms with Gasteiger partial charge in [-0.25, -0.2) is 4.98 Å². The molecule has 0 saturated carbocycles. The summed E-state index contributed by atoms with van der Waals surface area (Å²) in [6, 6.07) is 7.71. The van der Waals surface area contributed by atoms with Crippen LogP contribution in [-0.4, -0.2) is 39.9 Å². The van der Waals surface area contributed by atoms with Crippen molar-refractivity contribution in [3.8, 4) is 5.88 Å². The van der Waals surface area contributed by atoms with E-state index < -0.39 is 28.6 Å². The van der Waals surface area contributed by atoms with Crippen LogP contribution in [-0.2, 0) is 11.0 Å². The molecule has 7 nitrogen and oxygen atoms in total. The molecule has 1 amide bonds. The third kappa shape index (κ3) is 4.45. The van der Waals surface area contributed by atoms with E-state index in [1.54, 1.807) is 0 Å². The first kappa shape index (κ1) is 19.3. The number of nitro groups is 1. The molecule has 1 aromatic heterocycles. The SMILES string of the molecule is O=C(/C=C/c1ccc([N+](=O)[O-])cc1)N1CC(Oc2ncccc2C(F)(F)F)C1. The van der Waals surface area contributed by atoms with Gasteiger partial charge in [-0.1, -0.05) is 0 Å². The first-order valence-electron chi connectivity index (χ1n) is 8.14. The number of rotatable bonds is 5. The lowest BCUT2D eigenvalue weighted by Gasteiger charge is -2.38. The second-order valence-electron chi connectivity index (χ2n) is 6.02. The van der Waals surface area contributed by atoms with Crippen LogP contribution in [0.4, 0.5) is 18.9 Å². The standard InChI is InChI=1S/C18H14F3N3O4/c19-18(20,21)15-2-1-9-22-17(15)28-14-10-23(11-14)16(25)8-5-12-3-6-13(7-4-12)24(26)27/h1-9,14H,10-11H2/b8-5+. The topological polar surface area (TPSA) is 85.6 Å². The van der Waals surface area contributed by atoms with Gasteiger partial charge in [0.05, 0.1) is 18.0 Å². The molecule has 1 saturated heterocycles. The van der Waals surface area contributed by atoms with Crippen molar-refractivity contribution in [1.29, 1.82) is 0 Å². The lowest BCUT2D eigenvalue weighted by molar-refractivity contribution is -0.384. The van der Waals surface area contributed by atoms with Crippen LogP contribution in [0.25, 0.3) is 6.08 Å². The largest absolute Gasteiger partial charge is 0.470 e. The van der Waals surface area contributed by atoms with Gasteiger partial charge in [-0.2, -0.15) is 13.2 Å². The van der Waals surface area contributed by atoms with E-state index in [1.807, 2.05) is 0 Å². The summed E-state index contributed by atoms with van der Waals surface area (Å²) >= 11 is 0. The number of benzene rings is 1. The molecule has 0 unspecified atom stereocenters. The number of alkyl halides is 3. The molecule has 146 valence electrons. The number of non-ortho nitro benzene ring substituents is 1. The zero-order valence-corrected chi connectivity index (χ0v) is 14.3. The van der Waals surface area contributed by atoms with Crippen molar-refractivity contribution in [1.82, 2.24) is 9.88 Å². The highest BCUT2D eigenvalue weighted by molar-refractivity contribution is 5.92. The molecule has 1 aromatic carbocycles. The summed E-state index contributed by atoms with van der Waals surface area (Å²) in [5.41, 5.74) is -0.410. The fourth-order valence-corrected chi connectivity index (χ4v) is 2.53. The van der Waals surface area contributed by atoms with Crippen molar-refractivity contribution in [3.05, 3.63) is 69.9 Å². The van der Waals surface area contributed by atoms with Gasteiger partial charge in [0, 0.05) is 24.4 Å². The van der Waals surface area contributed by atoms with Gasteiger partial charge < -0.3 is 9.64 Å². The summed E-state index contributed by atoms with van der Waals surface area (Å²) in [5.74, 6) is -0.844. The highest BCUT2D eigenvalue weighted by atomic mass is 19.4. The number of nitro benzene ring substituents is 1. The van der Waals surface area contributed by atoms with Crippen molar-refractivity contribution in [3.63, 3.8) is 0 Å². The lowest BCUT2D eigenvalue weighted by atomic mass is 10.1. The van der Waals surface area contributed by atoms with E-state index in [4.69, 9.17) is 4.74 Å². The fraction of sp³-hybridized carbons (Fsp3) is 0.222. The van der Waals surface area contributed by atoms with Crippen LogP contribution in [0.1, 0.15) is 11.1 Å². The molecule has 1 aliphatic heterocycles. The van der Waals surface area contributed by atoms with Gasteiger partial charge in [0.25, 0.3) is 5.69 Å². The molecule has 3 rings (SSSR count). The maximum Gasteiger partial charge on any atom is 0.421 e. The summed E-state index contributed by atoms with van der Waals surface area (Å²) in [7, 11) is 0. The number of amides is 1. The molecule has 2 heterocycles. The molecule has 0 bridgehead atoms. The number of hydrogen-bond donors (Lipinski definition) is 0. The second-order valence-corrected chi connectivity index (χ2v) is 6.02. The molecule has 10 heteroatoms. The molecule has 0 spiro atoms. The van der Waals surface area contributed by atoms with Gasteiger partial charge in [0.2, 0.25) is 11.8 Å². The van der Waals surface area contributed by atoms with Crippen molar-refractivity contribution in [2.24, 2.45) is 0 Å². The first-order chi connectivity index (χ1) is 13.2. The van der Waals surface area contributed by atoms with Crippen LogP contribution in [0.2, 0.25) is 0 Å². The predicted molar refractivity (Wildman–Crippen MR) is 92.4 cm³/mol. The van der Waals surface area contributed by atoms with Gasteiger partial charge in [-0.05, 0) is 35.9 Å². The highest BCUT2D eigenvalue weighted by Crippen LogP contribution is 2.35. The van der Waals surface area contributed by atoms with Crippen LogP contribution in [0.5, 0.6) is 5.88 Å². The summed E-state index contributed by atoms with van der Waals surface area (Å²) in [6.45, 7) is 0.272. The Labute approximate surface area is 157 Å². The van der Waals surface area contributed by atoms with E-state index in [-0.39, 0.29) is 24.7 Å². The van der Waals surface area contributed by atoms with Crippen LogP contribution in [0.15, 0.2) is 48.7 Å². The number of hydrogen-bond acceptors (Lipinski definition) is 5. The molecule has 0 atom stereocenters. The van der Waals surface area contributed by atoms with Crippen LogP contribution in [0, 0.1) is 10.1 Å². The molecule has 0 aliphatic carbocycles. The number of carbonyl (C=O) groups is 1. The Morgan fingerprint density at radius 2 is 1.93 bits per heavy atom.